The Balaban J connectivity index is 1.55. The fourth-order valence-corrected chi connectivity index (χ4v) is 4.31. The van der Waals surface area contributed by atoms with Gasteiger partial charge in [0.25, 0.3) is 5.69 Å². The predicted octanol–water partition coefficient (Wildman–Crippen LogP) is 5.46. The minimum absolute atomic E-state index is 0.0431. The Bertz CT molecular complexity index is 1330. The minimum Gasteiger partial charge on any atom is -0.325 e. The monoisotopic (exact) mass is 493 g/mol. The molecule has 0 radical (unpaired) electrons. The molecule has 1 aromatic heterocycles. The van der Waals surface area contributed by atoms with Crippen LogP contribution < -0.4 is 5.32 Å². The van der Waals surface area contributed by atoms with Crippen molar-refractivity contribution in [2.24, 2.45) is 0 Å². The van der Waals surface area contributed by atoms with E-state index in [4.69, 9.17) is 11.6 Å². The van der Waals surface area contributed by atoms with Crippen molar-refractivity contribution in [2.75, 3.05) is 11.1 Å². The molecule has 0 saturated heterocycles. The van der Waals surface area contributed by atoms with Crippen LogP contribution in [-0.4, -0.2) is 31.3 Å². The lowest BCUT2D eigenvalue weighted by Crippen LogP contribution is -2.15. The highest BCUT2D eigenvalue weighted by molar-refractivity contribution is 7.99. The summed E-state index contributed by atoms with van der Waals surface area (Å²) in [5.74, 6) is 0.481. The second-order valence-corrected chi connectivity index (χ2v) is 8.80. The molecule has 0 aliphatic rings. The van der Waals surface area contributed by atoms with E-state index in [1.165, 1.54) is 17.8 Å². The van der Waals surface area contributed by atoms with E-state index in [-0.39, 0.29) is 17.3 Å². The molecule has 0 aliphatic carbocycles. The molecule has 0 fully saturated rings. The van der Waals surface area contributed by atoms with Crippen LogP contribution in [0.2, 0.25) is 5.02 Å². The number of nitro benzene ring substituents is 1. The van der Waals surface area contributed by atoms with E-state index < -0.39 is 4.92 Å². The average Bonchev–Trinajstić information content (AvgIpc) is 3.22. The summed E-state index contributed by atoms with van der Waals surface area (Å²) in [6, 6.07) is 21.8. The largest absolute Gasteiger partial charge is 0.325 e. The van der Waals surface area contributed by atoms with Crippen LogP contribution in [0.1, 0.15) is 17.0 Å². The third-order valence-corrected chi connectivity index (χ3v) is 6.28. The third-order valence-electron chi connectivity index (χ3n) is 5.10. The van der Waals surface area contributed by atoms with E-state index in [2.05, 4.69) is 15.5 Å². The number of amides is 1. The summed E-state index contributed by atoms with van der Waals surface area (Å²) >= 11 is 7.30. The highest BCUT2D eigenvalue weighted by atomic mass is 35.5. The van der Waals surface area contributed by atoms with Gasteiger partial charge >= 0.3 is 0 Å². The van der Waals surface area contributed by atoms with Crippen molar-refractivity contribution in [2.45, 2.75) is 18.5 Å². The quantitative estimate of drug-likeness (QED) is 0.198. The van der Waals surface area contributed by atoms with Crippen molar-refractivity contribution in [3.05, 3.63) is 105 Å². The maximum absolute atomic E-state index is 12.6. The number of rotatable bonds is 8. The van der Waals surface area contributed by atoms with Gasteiger partial charge in [0.1, 0.15) is 5.82 Å². The Hall–Kier alpha value is -3.69. The first-order valence-electron chi connectivity index (χ1n) is 10.3. The summed E-state index contributed by atoms with van der Waals surface area (Å²) in [7, 11) is 0. The fraction of sp³-hybridized carbons (Fsp3) is 0.125. The van der Waals surface area contributed by atoms with Gasteiger partial charge in [0, 0.05) is 23.2 Å². The van der Waals surface area contributed by atoms with Crippen LogP contribution >= 0.6 is 23.4 Å². The van der Waals surface area contributed by atoms with Crippen LogP contribution in [0.15, 0.2) is 78.0 Å². The molecule has 1 N–H and O–H groups in total. The summed E-state index contributed by atoms with van der Waals surface area (Å²) in [6.07, 6.45) is 0.566. The molecule has 10 heteroatoms. The van der Waals surface area contributed by atoms with E-state index in [1.54, 1.807) is 31.2 Å². The summed E-state index contributed by atoms with van der Waals surface area (Å²) in [4.78, 5) is 23.3. The molecule has 4 aromatic rings. The lowest BCUT2D eigenvalue weighted by atomic mass is 10.1. The number of nitrogens with zero attached hydrogens (tertiary/aromatic N) is 4. The molecule has 0 aliphatic heterocycles. The fourth-order valence-electron chi connectivity index (χ4n) is 3.41. The number of hydrogen-bond acceptors (Lipinski definition) is 6. The van der Waals surface area contributed by atoms with Gasteiger partial charge in [0.05, 0.1) is 21.9 Å². The van der Waals surface area contributed by atoms with Gasteiger partial charge < -0.3 is 5.32 Å². The molecule has 8 nitrogen and oxygen atoms in total. The second kappa shape index (κ2) is 10.5. The van der Waals surface area contributed by atoms with E-state index in [0.29, 0.717) is 27.9 Å². The number of carbonyl (C=O) groups is 1. The predicted molar refractivity (Wildman–Crippen MR) is 133 cm³/mol. The third kappa shape index (κ3) is 5.44. The van der Waals surface area contributed by atoms with Crippen molar-refractivity contribution in [3.63, 3.8) is 0 Å². The molecule has 0 bridgehead atoms. The van der Waals surface area contributed by atoms with Crippen molar-refractivity contribution < 1.29 is 9.72 Å². The summed E-state index contributed by atoms with van der Waals surface area (Å²) < 4.78 is 1.90. The van der Waals surface area contributed by atoms with Crippen LogP contribution in [-0.2, 0) is 11.2 Å². The molecule has 1 heterocycles. The lowest BCUT2D eigenvalue weighted by molar-refractivity contribution is -0.385. The Morgan fingerprint density at radius 2 is 1.79 bits per heavy atom. The Labute approximate surface area is 205 Å². The number of nitro groups is 1. The molecule has 172 valence electrons. The molecule has 0 atom stereocenters. The van der Waals surface area contributed by atoms with Gasteiger partial charge in [0.2, 0.25) is 5.91 Å². The lowest BCUT2D eigenvalue weighted by Gasteiger charge is -2.11. The number of anilines is 1. The molecule has 0 saturated carbocycles. The zero-order chi connectivity index (χ0) is 24.1. The van der Waals surface area contributed by atoms with Crippen LogP contribution in [0.25, 0.3) is 5.69 Å². The summed E-state index contributed by atoms with van der Waals surface area (Å²) in [5.41, 5.74) is 2.68. The summed E-state index contributed by atoms with van der Waals surface area (Å²) in [5, 5.41) is 23.8. The van der Waals surface area contributed by atoms with Gasteiger partial charge in [-0.2, -0.15) is 0 Å². The highest BCUT2D eigenvalue weighted by Crippen LogP contribution is 2.27. The normalized spacial score (nSPS) is 10.8. The average molecular weight is 494 g/mol. The first-order chi connectivity index (χ1) is 16.4. The summed E-state index contributed by atoms with van der Waals surface area (Å²) in [6.45, 7) is 1.61. The van der Waals surface area contributed by atoms with Crippen molar-refractivity contribution in [1.29, 1.82) is 0 Å². The van der Waals surface area contributed by atoms with E-state index >= 15 is 0 Å². The first kappa shape index (κ1) is 23.5. The molecule has 4 rings (SSSR count). The molecular formula is C24H20ClN5O3S. The Morgan fingerprint density at radius 3 is 2.50 bits per heavy atom. The van der Waals surface area contributed by atoms with E-state index in [9.17, 15) is 14.9 Å². The first-order valence-corrected chi connectivity index (χ1v) is 11.7. The Morgan fingerprint density at radius 1 is 1.06 bits per heavy atom. The van der Waals surface area contributed by atoms with Crippen molar-refractivity contribution in [1.82, 2.24) is 14.8 Å². The van der Waals surface area contributed by atoms with Gasteiger partial charge in [-0.15, -0.1) is 10.2 Å². The molecule has 34 heavy (non-hydrogen) atoms. The number of halogens is 1. The molecular weight excluding hydrogens is 474 g/mol. The van der Waals surface area contributed by atoms with Crippen LogP contribution in [0.5, 0.6) is 0 Å². The van der Waals surface area contributed by atoms with Crippen molar-refractivity contribution >= 4 is 40.6 Å². The number of thioether (sulfide) groups is 1. The topological polar surface area (TPSA) is 103 Å². The number of nitrogens with one attached hydrogen (secondary N) is 1. The second-order valence-electron chi connectivity index (χ2n) is 7.42. The van der Waals surface area contributed by atoms with Gasteiger partial charge in [-0.25, -0.2) is 0 Å². The maximum Gasteiger partial charge on any atom is 0.274 e. The van der Waals surface area contributed by atoms with Gasteiger partial charge in [0.15, 0.2) is 5.16 Å². The number of aromatic nitrogens is 3. The van der Waals surface area contributed by atoms with Gasteiger partial charge in [-0.3, -0.25) is 19.5 Å². The van der Waals surface area contributed by atoms with Crippen molar-refractivity contribution in [3.8, 4) is 5.69 Å². The number of carbonyl (C=O) groups excluding carboxylic acids is 1. The van der Waals surface area contributed by atoms with Crippen LogP contribution in [0.4, 0.5) is 11.4 Å². The molecule has 0 unspecified atom stereocenters. The van der Waals surface area contributed by atoms with Gasteiger partial charge in [-0.1, -0.05) is 59.8 Å². The number of hydrogen-bond donors (Lipinski definition) is 1. The zero-order valence-corrected chi connectivity index (χ0v) is 19.7. The molecule has 0 spiro atoms. The zero-order valence-electron chi connectivity index (χ0n) is 18.1. The maximum atomic E-state index is 12.6. The van der Waals surface area contributed by atoms with Gasteiger partial charge in [-0.05, 0) is 42.8 Å². The highest BCUT2D eigenvalue weighted by Gasteiger charge is 2.18. The molecule has 3 aromatic carbocycles. The van der Waals surface area contributed by atoms with Crippen LogP contribution in [0.3, 0.4) is 0 Å². The van der Waals surface area contributed by atoms with E-state index in [0.717, 1.165) is 17.1 Å². The SMILES string of the molecule is Cc1c(NC(=O)CSc2nnc(Cc3ccccc3)n2-c2ccc(Cl)cc2)cccc1[N+](=O)[O-]. The number of benzene rings is 3. The molecule has 1 amide bonds. The van der Waals surface area contributed by atoms with E-state index in [1.807, 2.05) is 47.0 Å². The van der Waals surface area contributed by atoms with Crippen LogP contribution in [0, 0.1) is 17.0 Å². The Kier molecular flexibility index (Phi) is 7.24. The minimum atomic E-state index is -0.470. The smallest absolute Gasteiger partial charge is 0.274 e. The standard InChI is InChI=1S/C24H20ClN5O3S/c1-16-20(8-5-9-21(16)30(32)33)26-23(31)15-34-24-28-27-22(14-17-6-3-2-4-7-17)29(24)19-12-10-18(25)11-13-19/h2-13H,14-15H2,1H3,(H,26,31).